The Labute approximate surface area is 205 Å². The minimum absolute atomic E-state index is 0.148. The van der Waals surface area contributed by atoms with Gasteiger partial charge in [-0.1, -0.05) is 46.4 Å². The smallest absolute Gasteiger partial charge is 0.257 e. The van der Waals surface area contributed by atoms with E-state index in [0.717, 1.165) is 5.56 Å². The summed E-state index contributed by atoms with van der Waals surface area (Å²) >= 11 is 26.4. The molecule has 2 N–H and O–H groups in total. The number of nitrogens with zero attached hydrogens (tertiary/aromatic N) is 1. The van der Waals surface area contributed by atoms with Gasteiger partial charge in [-0.15, -0.1) is 0 Å². The van der Waals surface area contributed by atoms with Crippen LogP contribution in [0, 0.1) is 0 Å². The van der Waals surface area contributed by atoms with E-state index in [2.05, 4.69) is 0 Å². The number of anilines is 2. The number of methoxy groups -OCH3 is 2. The summed E-state index contributed by atoms with van der Waals surface area (Å²) in [6.45, 7) is 0.148. The summed E-state index contributed by atoms with van der Waals surface area (Å²) in [7, 11) is 3.11. The first-order valence-electron chi connectivity index (χ1n) is 9.47. The Kier molecular flexibility index (Phi) is 6.12. The molecule has 0 saturated heterocycles. The van der Waals surface area contributed by atoms with Crippen LogP contribution in [0.5, 0.6) is 11.5 Å². The highest BCUT2D eigenvalue weighted by molar-refractivity contribution is 6.46. The van der Waals surface area contributed by atoms with Crippen molar-refractivity contribution < 1.29 is 14.3 Å². The van der Waals surface area contributed by atoms with Gasteiger partial charge in [0.1, 0.15) is 11.5 Å². The fraction of sp³-hybridized carbons (Fsp3) is 0.174. The lowest BCUT2D eigenvalue weighted by atomic mass is 9.91. The number of nitrogen functional groups attached to an aromatic ring is 1. The Morgan fingerprint density at radius 1 is 0.938 bits per heavy atom. The summed E-state index contributed by atoms with van der Waals surface area (Å²) in [5.41, 5.74) is 8.37. The van der Waals surface area contributed by atoms with Gasteiger partial charge in [-0.2, -0.15) is 0 Å². The Morgan fingerprint density at radius 2 is 1.69 bits per heavy atom. The van der Waals surface area contributed by atoms with E-state index in [-0.39, 0.29) is 11.6 Å². The highest BCUT2D eigenvalue weighted by Gasteiger charge is 2.53. The van der Waals surface area contributed by atoms with Crippen LogP contribution in [0.3, 0.4) is 0 Å². The summed E-state index contributed by atoms with van der Waals surface area (Å²) in [5.74, 6) is 0.753. The molecule has 5 nitrogen and oxygen atoms in total. The lowest BCUT2D eigenvalue weighted by Crippen LogP contribution is -2.37. The molecule has 0 aliphatic carbocycles. The topological polar surface area (TPSA) is 64.8 Å². The number of halogens is 4. The molecule has 1 aliphatic rings. The third kappa shape index (κ3) is 3.63. The highest BCUT2D eigenvalue weighted by atomic mass is 35.5. The molecule has 0 spiro atoms. The van der Waals surface area contributed by atoms with Gasteiger partial charge in [0.25, 0.3) is 5.91 Å². The molecule has 1 atom stereocenters. The molecule has 0 radical (unpaired) electrons. The van der Waals surface area contributed by atoms with Gasteiger partial charge in [-0.25, -0.2) is 0 Å². The molecule has 9 heteroatoms. The normalized spacial score (nSPS) is 17.4. The van der Waals surface area contributed by atoms with Crippen molar-refractivity contribution >= 4 is 63.7 Å². The van der Waals surface area contributed by atoms with Crippen LogP contribution in [0.1, 0.15) is 16.7 Å². The summed E-state index contributed by atoms with van der Waals surface area (Å²) in [6.07, 6.45) is 0. The Morgan fingerprint density at radius 3 is 2.38 bits per heavy atom. The van der Waals surface area contributed by atoms with Crippen LogP contribution in [0.4, 0.5) is 11.4 Å². The first kappa shape index (κ1) is 22.9. The minimum Gasteiger partial charge on any atom is -0.497 e. The van der Waals surface area contributed by atoms with Crippen molar-refractivity contribution in [2.45, 2.75) is 11.4 Å². The van der Waals surface area contributed by atoms with E-state index in [9.17, 15) is 4.79 Å². The van der Waals surface area contributed by atoms with E-state index in [1.54, 1.807) is 56.7 Å². The third-order valence-electron chi connectivity index (χ3n) is 5.39. The fourth-order valence-electron chi connectivity index (χ4n) is 3.88. The molecule has 166 valence electrons. The van der Waals surface area contributed by atoms with Crippen LogP contribution < -0.4 is 20.1 Å². The standard InChI is InChI=1S/C23H18Cl4N2O3/c1-31-15-5-3-12(20(10-15)32-2)11-29-21-17(7-13(24)8-19(21)26)23(27,22(29)30)16-9-14(28)4-6-18(16)25/h3-10H,11,28H2,1-2H3. The zero-order chi connectivity index (χ0) is 23.2. The van der Waals surface area contributed by atoms with Crippen LogP contribution in [0.25, 0.3) is 0 Å². The molecule has 3 aromatic rings. The molecule has 1 unspecified atom stereocenters. The maximum Gasteiger partial charge on any atom is 0.257 e. The average Bonchev–Trinajstić information content (AvgIpc) is 2.98. The van der Waals surface area contributed by atoms with Gasteiger partial charge in [0.15, 0.2) is 4.87 Å². The largest absolute Gasteiger partial charge is 0.497 e. The van der Waals surface area contributed by atoms with Gasteiger partial charge < -0.3 is 20.1 Å². The molecule has 0 fully saturated rings. The summed E-state index contributed by atoms with van der Waals surface area (Å²) in [4.78, 5) is 13.7. The Balaban J connectivity index is 1.90. The van der Waals surface area contributed by atoms with Gasteiger partial charge >= 0.3 is 0 Å². The number of rotatable bonds is 5. The number of hydrogen-bond acceptors (Lipinski definition) is 4. The van der Waals surface area contributed by atoms with Gasteiger partial charge in [-0.3, -0.25) is 4.79 Å². The van der Waals surface area contributed by atoms with Crippen LogP contribution in [-0.2, 0) is 16.2 Å². The Hall–Kier alpha value is -2.31. The lowest BCUT2D eigenvalue weighted by molar-refractivity contribution is -0.119. The van der Waals surface area contributed by atoms with Crippen molar-refractivity contribution in [3.8, 4) is 11.5 Å². The van der Waals surface area contributed by atoms with Crippen molar-refractivity contribution in [2.24, 2.45) is 0 Å². The lowest BCUT2D eigenvalue weighted by Gasteiger charge is -2.24. The van der Waals surface area contributed by atoms with Crippen LogP contribution in [-0.4, -0.2) is 20.1 Å². The first-order valence-corrected chi connectivity index (χ1v) is 11.0. The van der Waals surface area contributed by atoms with E-state index in [0.29, 0.717) is 44.0 Å². The zero-order valence-electron chi connectivity index (χ0n) is 17.1. The van der Waals surface area contributed by atoms with E-state index in [4.69, 9.17) is 61.6 Å². The van der Waals surface area contributed by atoms with Gasteiger partial charge in [0.2, 0.25) is 0 Å². The Bertz CT molecular complexity index is 1230. The SMILES string of the molecule is COc1ccc(CN2C(=O)C(Cl)(c3cc(N)ccc3Cl)c3cc(Cl)cc(Cl)c32)c(OC)c1. The molecular formula is C23H18Cl4N2O3. The molecule has 32 heavy (non-hydrogen) atoms. The molecule has 3 aromatic carbocycles. The van der Waals surface area contributed by atoms with E-state index in [1.807, 2.05) is 6.07 Å². The highest BCUT2D eigenvalue weighted by Crippen LogP contribution is 2.54. The molecule has 1 aliphatic heterocycles. The number of nitrogens with two attached hydrogens (primary N) is 1. The quantitative estimate of drug-likeness (QED) is 0.323. The van der Waals surface area contributed by atoms with Gasteiger partial charge in [-0.05, 0) is 42.5 Å². The van der Waals surface area contributed by atoms with Gasteiger partial charge in [0, 0.05) is 38.5 Å². The number of alkyl halides is 1. The number of amides is 1. The first-order chi connectivity index (χ1) is 15.2. The molecule has 1 heterocycles. The molecule has 0 aromatic heterocycles. The van der Waals surface area contributed by atoms with Crippen LogP contribution >= 0.6 is 46.4 Å². The zero-order valence-corrected chi connectivity index (χ0v) is 20.1. The number of hydrogen-bond donors (Lipinski definition) is 1. The van der Waals surface area contributed by atoms with Crippen molar-refractivity contribution in [1.29, 1.82) is 0 Å². The van der Waals surface area contributed by atoms with Crippen molar-refractivity contribution in [2.75, 3.05) is 24.9 Å². The predicted molar refractivity (Wildman–Crippen MR) is 130 cm³/mol. The second-order valence-corrected chi connectivity index (χ2v) is 9.07. The second-order valence-electron chi connectivity index (χ2n) is 7.25. The van der Waals surface area contributed by atoms with Gasteiger partial charge in [0.05, 0.1) is 31.5 Å². The van der Waals surface area contributed by atoms with Crippen molar-refractivity contribution in [1.82, 2.24) is 0 Å². The van der Waals surface area contributed by atoms with Crippen molar-refractivity contribution in [3.63, 3.8) is 0 Å². The summed E-state index contributed by atoms with van der Waals surface area (Å²) < 4.78 is 10.8. The second kappa shape index (κ2) is 8.56. The number of carbonyl (C=O) groups is 1. The molecule has 0 bridgehead atoms. The number of carbonyl (C=O) groups excluding carboxylic acids is 1. The number of fused-ring (bicyclic) bond motifs is 1. The maximum absolute atomic E-state index is 13.9. The molecule has 1 amide bonds. The number of ether oxygens (including phenoxy) is 2. The maximum atomic E-state index is 13.9. The van der Waals surface area contributed by atoms with Crippen LogP contribution in [0.15, 0.2) is 48.5 Å². The average molecular weight is 512 g/mol. The molecule has 0 saturated carbocycles. The predicted octanol–water partition coefficient (Wildman–Crippen LogP) is 6.28. The number of benzene rings is 3. The van der Waals surface area contributed by atoms with Crippen LogP contribution in [0.2, 0.25) is 15.1 Å². The van der Waals surface area contributed by atoms with E-state index in [1.165, 1.54) is 4.90 Å². The summed E-state index contributed by atoms with van der Waals surface area (Å²) in [6, 6.07) is 13.4. The van der Waals surface area contributed by atoms with E-state index >= 15 is 0 Å². The molecular weight excluding hydrogens is 494 g/mol. The minimum atomic E-state index is -1.66. The monoisotopic (exact) mass is 510 g/mol. The summed E-state index contributed by atoms with van der Waals surface area (Å²) in [5, 5.41) is 0.930. The van der Waals surface area contributed by atoms with Crippen molar-refractivity contribution in [3.05, 3.63) is 80.3 Å². The van der Waals surface area contributed by atoms with E-state index < -0.39 is 10.8 Å². The molecule has 4 rings (SSSR count). The fourth-order valence-corrected chi connectivity index (χ4v) is 5.18. The third-order valence-corrected chi connectivity index (χ3v) is 6.80.